The summed E-state index contributed by atoms with van der Waals surface area (Å²) < 4.78 is 20.0. The van der Waals surface area contributed by atoms with Crippen LogP contribution in [0.2, 0.25) is 0 Å². The van der Waals surface area contributed by atoms with Gasteiger partial charge in [-0.2, -0.15) is 0 Å². The van der Waals surface area contributed by atoms with Crippen molar-refractivity contribution < 1.29 is 13.9 Å². The molecule has 1 N–H and O–H groups in total. The van der Waals surface area contributed by atoms with E-state index in [1.54, 1.807) is 30.1 Å². The summed E-state index contributed by atoms with van der Waals surface area (Å²) in [5.41, 5.74) is 1.46. The molecule has 1 heterocycles. The average molecular weight is 335 g/mol. The second-order valence-corrected chi connectivity index (χ2v) is 4.71. The molecule has 24 heavy (non-hydrogen) atoms. The lowest BCUT2D eigenvalue weighted by Crippen LogP contribution is -2.14. The van der Waals surface area contributed by atoms with Gasteiger partial charge in [-0.25, -0.2) is 9.37 Å². The third kappa shape index (κ3) is 8.85. The van der Waals surface area contributed by atoms with Gasteiger partial charge in [0.1, 0.15) is 12.4 Å². The summed E-state index contributed by atoms with van der Waals surface area (Å²) in [5.74, 6) is -0.741. The zero-order valence-corrected chi connectivity index (χ0v) is 14.6. The van der Waals surface area contributed by atoms with Crippen molar-refractivity contribution in [2.24, 2.45) is 0 Å². The van der Waals surface area contributed by atoms with Crippen molar-refractivity contribution in [2.75, 3.05) is 20.7 Å². The van der Waals surface area contributed by atoms with Crippen LogP contribution in [0.1, 0.15) is 12.6 Å². The number of hydrogen-bond donors (Lipinski definition) is 1. The topological polar surface area (TPSA) is 56.2 Å². The summed E-state index contributed by atoms with van der Waals surface area (Å²) in [6.07, 6.45) is 9.17. The Morgan fingerprint density at radius 1 is 1.46 bits per heavy atom. The van der Waals surface area contributed by atoms with Gasteiger partial charge in [0.2, 0.25) is 0 Å². The van der Waals surface area contributed by atoms with Crippen LogP contribution in [0.4, 0.5) is 4.39 Å². The van der Waals surface area contributed by atoms with Crippen molar-refractivity contribution >= 4 is 5.97 Å². The van der Waals surface area contributed by atoms with E-state index in [0.29, 0.717) is 18.6 Å². The predicted octanol–water partition coefficient (Wildman–Crippen LogP) is 2.98. The summed E-state index contributed by atoms with van der Waals surface area (Å²) in [4.78, 5) is 15.5. The van der Waals surface area contributed by atoms with E-state index in [2.05, 4.69) is 23.5 Å². The molecule has 1 aromatic rings. The Kier molecular flexibility index (Phi) is 11.7. The van der Waals surface area contributed by atoms with Crippen molar-refractivity contribution in [2.45, 2.75) is 19.9 Å². The molecule has 0 saturated heterocycles. The fraction of sp³-hybridized carbons (Fsp3) is 0.333. The maximum absolute atomic E-state index is 13.4. The van der Waals surface area contributed by atoms with E-state index in [-0.39, 0.29) is 12.5 Å². The van der Waals surface area contributed by atoms with Gasteiger partial charge in [0.05, 0.1) is 12.9 Å². The molecule has 0 unspecified atom stereocenters. The van der Waals surface area contributed by atoms with Gasteiger partial charge in [0.25, 0.3) is 0 Å². The molecule has 132 valence electrons. The third-order valence-corrected chi connectivity index (χ3v) is 2.65. The predicted molar refractivity (Wildman–Crippen MR) is 95.2 cm³/mol. The number of carbonyl (C=O) groups is 1. The second-order valence-electron chi connectivity index (χ2n) is 4.71. The first-order valence-electron chi connectivity index (χ1n) is 7.56. The highest BCUT2D eigenvalue weighted by Crippen LogP contribution is 2.13. The summed E-state index contributed by atoms with van der Waals surface area (Å²) >= 11 is 0. The molecule has 0 spiro atoms. The third-order valence-electron chi connectivity index (χ3n) is 2.65. The second kappa shape index (κ2) is 13.0. The lowest BCUT2D eigenvalue weighted by Gasteiger charge is -2.08. The minimum absolute atomic E-state index is 0.0819. The molecule has 0 aliphatic heterocycles. The first-order chi connectivity index (χ1) is 11.5. The molecule has 1 rings (SSSR count). The maximum Gasteiger partial charge on any atom is 0.325 e. The molecule has 0 fully saturated rings. The number of halogens is 1. The van der Waals surface area contributed by atoms with Crippen LogP contribution in [0.15, 0.2) is 61.4 Å². The van der Waals surface area contributed by atoms with E-state index in [1.165, 1.54) is 18.2 Å². The number of ether oxygens (including phenoxy) is 1. The fourth-order valence-electron chi connectivity index (χ4n) is 1.71. The normalized spacial score (nSPS) is 11.3. The minimum Gasteiger partial charge on any atom is -0.465 e. The molecule has 0 amide bonds. The van der Waals surface area contributed by atoms with Crippen LogP contribution in [-0.2, 0) is 22.5 Å². The standard InChI is InChI=1S/C16H19FN2O2.C2H7N/c1-4-7-14(17)8-13(5-2)9-15-10-18-12-19(15)11-16(20)21-6-3;1-3-2/h4-5,7-8,10,12H,1-2,6,9,11H2,3H3;3H,1-2H3/b13-8+,14-7+;. The number of hydrogen-bond acceptors (Lipinski definition) is 4. The highest BCUT2D eigenvalue weighted by molar-refractivity contribution is 5.69. The molecule has 0 bridgehead atoms. The first kappa shape index (κ1) is 21.5. The van der Waals surface area contributed by atoms with E-state index in [1.807, 2.05) is 14.1 Å². The molecule has 0 radical (unpaired) electrons. The van der Waals surface area contributed by atoms with Gasteiger partial charge in [-0.1, -0.05) is 25.3 Å². The molecular formula is C18H26FN3O2. The Morgan fingerprint density at radius 2 is 2.12 bits per heavy atom. The molecule has 1 aromatic heterocycles. The van der Waals surface area contributed by atoms with Crippen molar-refractivity contribution in [1.29, 1.82) is 0 Å². The molecular weight excluding hydrogens is 309 g/mol. The van der Waals surface area contributed by atoms with Crippen molar-refractivity contribution in [3.63, 3.8) is 0 Å². The quantitative estimate of drug-likeness (QED) is 0.586. The van der Waals surface area contributed by atoms with Gasteiger partial charge >= 0.3 is 5.97 Å². The van der Waals surface area contributed by atoms with E-state index < -0.39 is 5.83 Å². The van der Waals surface area contributed by atoms with Gasteiger partial charge in [-0.3, -0.25) is 4.79 Å². The van der Waals surface area contributed by atoms with Crippen LogP contribution in [0.3, 0.4) is 0 Å². The maximum atomic E-state index is 13.4. The van der Waals surface area contributed by atoms with E-state index in [4.69, 9.17) is 4.74 Å². The highest BCUT2D eigenvalue weighted by Gasteiger charge is 2.09. The number of esters is 1. The van der Waals surface area contributed by atoms with Crippen LogP contribution in [0, 0.1) is 0 Å². The number of rotatable bonds is 8. The molecule has 5 nitrogen and oxygen atoms in total. The number of aromatic nitrogens is 2. The van der Waals surface area contributed by atoms with Crippen LogP contribution in [0.5, 0.6) is 0 Å². The highest BCUT2D eigenvalue weighted by atomic mass is 19.1. The number of nitrogens with one attached hydrogen (secondary N) is 1. The Bertz CT molecular complexity index is 589. The Morgan fingerprint density at radius 3 is 2.67 bits per heavy atom. The Labute approximate surface area is 143 Å². The number of imidazole rings is 1. The number of nitrogens with zero attached hydrogens (tertiary/aromatic N) is 2. The van der Waals surface area contributed by atoms with Gasteiger partial charge in [-0.05, 0) is 38.7 Å². The number of allylic oxidation sites excluding steroid dienone is 6. The number of carbonyl (C=O) groups excluding carboxylic acids is 1. The molecule has 0 aliphatic carbocycles. The first-order valence-corrected chi connectivity index (χ1v) is 7.56. The van der Waals surface area contributed by atoms with E-state index in [0.717, 1.165) is 5.69 Å². The summed E-state index contributed by atoms with van der Waals surface area (Å²) in [6, 6.07) is 0. The summed E-state index contributed by atoms with van der Waals surface area (Å²) in [6.45, 7) is 9.27. The smallest absolute Gasteiger partial charge is 0.325 e. The van der Waals surface area contributed by atoms with Gasteiger partial charge in [0.15, 0.2) is 0 Å². The van der Waals surface area contributed by atoms with Crippen LogP contribution in [0.25, 0.3) is 0 Å². The fourth-order valence-corrected chi connectivity index (χ4v) is 1.71. The van der Waals surface area contributed by atoms with E-state index in [9.17, 15) is 9.18 Å². The van der Waals surface area contributed by atoms with Gasteiger partial charge in [-0.15, -0.1) is 0 Å². The van der Waals surface area contributed by atoms with Crippen molar-refractivity contribution in [3.8, 4) is 0 Å². The Hall–Kier alpha value is -2.47. The summed E-state index contributed by atoms with van der Waals surface area (Å²) in [7, 11) is 3.75. The largest absolute Gasteiger partial charge is 0.465 e. The monoisotopic (exact) mass is 335 g/mol. The zero-order chi connectivity index (χ0) is 18.4. The summed E-state index contributed by atoms with van der Waals surface area (Å²) in [5, 5.41) is 2.75. The van der Waals surface area contributed by atoms with Gasteiger partial charge < -0.3 is 14.6 Å². The van der Waals surface area contributed by atoms with Crippen LogP contribution >= 0.6 is 0 Å². The van der Waals surface area contributed by atoms with Crippen molar-refractivity contribution in [3.05, 3.63) is 67.1 Å². The SMILES string of the molecule is C=C/C=C(F)\C=C(/C=C)Cc1cncn1CC(=O)OCC.CNC. The average Bonchev–Trinajstić information content (AvgIpc) is 2.94. The molecule has 0 saturated carbocycles. The molecule has 6 heteroatoms. The van der Waals surface area contributed by atoms with E-state index >= 15 is 0 Å². The van der Waals surface area contributed by atoms with Crippen molar-refractivity contribution in [1.82, 2.24) is 14.9 Å². The molecule has 0 atom stereocenters. The lowest BCUT2D eigenvalue weighted by atomic mass is 10.1. The minimum atomic E-state index is -0.406. The van der Waals surface area contributed by atoms with Crippen LogP contribution < -0.4 is 5.32 Å². The molecule has 0 aromatic carbocycles. The Balaban J connectivity index is 0.00000163. The van der Waals surface area contributed by atoms with Gasteiger partial charge in [0, 0.05) is 18.3 Å². The van der Waals surface area contributed by atoms with Crippen LogP contribution in [-0.4, -0.2) is 36.2 Å². The zero-order valence-electron chi connectivity index (χ0n) is 14.6. The molecule has 0 aliphatic rings. The lowest BCUT2D eigenvalue weighted by molar-refractivity contribution is -0.143.